The molecule has 1 heterocycles. The molecule has 5 nitrogen and oxygen atoms in total. The Balaban J connectivity index is 1.36. The largest absolute Gasteiger partial charge is 0.489 e. The average molecular weight is 435 g/mol. The number of hydrogen-bond acceptors (Lipinski definition) is 4. The second-order valence-electron chi connectivity index (χ2n) is 7.72. The fourth-order valence-electron chi connectivity index (χ4n) is 3.77. The Labute approximate surface area is 187 Å². The molecule has 4 rings (SSSR count). The van der Waals surface area contributed by atoms with Crippen LogP contribution in [0, 0.1) is 5.82 Å². The maximum absolute atomic E-state index is 13.4. The van der Waals surface area contributed by atoms with Crippen LogP contribution >= 0.6 is 0 Å². The lowest BCUT2D eigenvalue weighted by molar-refractivity contribution is 0.0162. The number of hydrogen-bond donors (Lipinski definition) is 1. The predicted octanol–water partition coefficient (Wildman–Crippen LogP) is 4.21. The predicted molar refractivity (Wildman–Crippen MR) is 121 cm³/mol. The van der Waals surface area contributed by atoms with Gasteiger partial charge in [-0.2, -0.15) is 0 Å². The van der Waals surface area contributed by atoms with Crippen LogP contribution in [-0.4, -0.2) is 43.7 Å². The molecule has 1 aliphatic rings. The van der Waals surface area contributed by atoms with Crippen molar-refractivity contribution in [2.45, 2.75) is 12.6 Å². The van der Waals surface area contributed by atoms with E-state index in [1.165, 1.54) is 12.1 Å². The summed E-state index contributed by atoms with van der Waals surface area (Å²) in [6.45, 7) is 3.74. The van der Waals surface area contributed by atoms with E-state index in [4.69, 9.17) is 9.47 Å². The normalized spacial score (nSPS) is 15.2. The summed E-state index contributed by atoms with van der Waals surface area (Å²) in [7, 11) is 0. The van der Waals surface area contributed by atoms with E-state index in [1.807, 2.05) is 30.3 Å². The summed E-state index contributed by atoms with van der Waals surface area (Å²) in [5.41, 5.74) is 2.62. The molecule has 1 aliphatic heterocycles. The molecule has 0 radical (unpaired) electrons. The summed E-state index contributed by atoms with van der Waals surface area (Å²) in [5.74, 6) is 0.288. The van der Waals surface area contributed by atoms with Crippen molar-refractivity contribution in [3.63, 3.8) is 0 Å². The molecule has 1 saturated heterocycles. The quantitative estimate of drug-likeness (QED) is 0.577. The van der Waals surface area contributed by atoms with E-state index in [2.05, 4.69) is 10.2 Å². The van der Waals surface area contributed by atoms with Crippen LogP contribution in [0.2, 0.25) is 0 Å². The molecule has 1 fully saturated rings. The number of nitrogens with zero attached hydrogens (tertiary/aromatic N) is 1. The molecule has 0 aliphatic carbocycles. The van der Waals surface area contributed by atoms with Gasteiger partial charge >= 0.3 is 0 Å². The summed E-state index contributed by atoms with van der Waals surface area (Å²) >= 11 is 0. The minimum atomic E-state index is -0.270. The second-order valence-corrected chi connectivity index (χ2v) is 7.72. The first-order valence-corrected chi connectivity index (χ1v) is 10.8. The number of benzene rings is 3. The number of morpholine rings is 1. The number of carbonyl (C=O) groups excluding carboxylic acids is 1. The molecule has 3 aromatic carbocycles. The van der Waals surface area contributed by atoms with Crippen LogP contribution in [0.25, 0.3) is 0 Å². The van der Waals surface area contributed by atoms with Gasteiger partial charge in [-0.3, -0.25) is 9.69 Å². The maximum Gasteiger partial charge on any atom is 0.251 e. The molecule has 32 heavy (non-hydrogen) atoms. The number of amides is 1. The third-order valence-electron chi connectivity index (χ3n) is 5.56. The summed E-state index contributed by atoms with van der Waals surface area (Å²) < 4.78 is 24.6. The van der Waals surface area contributed by atoms with Crippen LogP contribution in [0.1, 0.15) is 27.5 Å². The van der Waals surface area contributed by atoms with Crippen molar-refractivity contribution in [1.29, 1.82) is 0 Å². The monoisotopic (exact) mass is 434 g/mol. The Bertz CT molecular complexity index is 988. The van der Waals surface area contributed by atoms with Gasteiger partial charge in [-0.05, 0) is 47.5 Å². The first-order valence-electron chi connectivity index (χ1n) is 10.8. The Morgan fingerprint density at radius 1 is 0.969 bits per heavy atom. The Kier molecular flexibility index (Phi) is 7.48. The Morgan fingerprint density at radius 3 is 2.34 bits per heavy atom. The molecule has 1 amide bonds. The van der Waals surface area contributed by atoms with Crippen molar-refractivity contribution in [1.82, 2.24) is 10.2 Å². The molecule has 0 bridgehead atoms. The van der Waals surface area contributed by atoms with E-state index in [1.54, 1.807) is 36.4 Å². The highest BCUT2D eigenvalue weighted by Gasteiger charge is 2.23. The maximum atomic E-state index is 13.4. The van der Waals surface area contributed by atoms with E-state index in [0.29, 0.717) is 37.7 Å². The minimum absolute atomic E-state index is 0.0445. The van der Waals surface area contributed by atoms with E-state index >= 15 is 0 Å². The van der Waals surface area contributed by atoms with Gasteiger partial charge in [0.25, 0.3) is 5.91 Å². The van der Waals surface area contributed by atoms with Crippen molar-refractivity contribution in [2.75, 3.05) is 32.8 Å². The fourth-order valence-corrected chi connectivity index (χ4v) is 3.77. The van der Waals surface area contributed by atoms with Crippen LogP contribution < -0.4 is 10.1 Å². The van der Waals surface area contributed by atoms with Crippen molar-refractivity contribution in [3.05, 3.63) is 101 Å². The Hall–Kier alpha value is -3.22. The average Bonchev–Trinajstić information content (AvgIpc) is 2.85. The zero-order chi connectivity index (χ0) is 22.2. The van der Waals surface area contributed by atoms with Crippen LogP contribution in [0.3, 0.4) is 0 Å². The molecule has 1 atom stereocenters. The first-order chi connectivity index (χ1) is 15.7. The molecular formula is C26H27FN2O3. The van der Waals surface area contributed by atoms with Gasteiger partial charge in [0.15, 0.2) is 0 Å². The second kappa shape index (κ2) is 10.9. The molecule has 0 unspecified atom stereocenters. The van der Waals surface area contributed by atoms with Gasteiger partial charge in [-0.25, -0.2) is 4.39 Å². The van der Waals surface area contributed by atoms with Crippen molar-refractivity contribution < 1.29 is 18.7 Å². The summed E-state index contributed by atoms with van der Waals surface area (Å²) in [4.78, 5) is 15.0. The highest BCUT2D eigenvalue weighted by Crippen LogP contribution is 2.22. The number of ether oxygens (including phenoxy) is 2. The minimum Gasteiger partial charge on any atom is -0.489 e. The van der Waals surface area contributed by atoms with E-state index in [9.17, 15) is 9.18 Å². The van der Waals surface area contributed by atoms with Gasteiger partial charge in [0.1, 0.15) is 18.2 Å². The van der Waals surface area contributed by atoms with E-state index < -0.39 is 0 Å². The number of rotatable bonds is 8. The van der Waals surface area contributed by atoms with E-state index in [0.717, 1.165) is 24.2 Å². The van der Waals surface area contributed by atoms with Crippen LogP contribution in [-0.2, 0) is 11.3 Å². The van der Waals surface area contributed by atoms with Crippen molar-refractivity contribution in [3.8, 4) is 5.75 Å². The van der Waals surface area contributed by atoms with Gasteiger partial charge in [0.05, 0.1) is 19.3 Å². The molecular weight excluding hydrogens is 407 g/mol. The van der Waals surface area contributed by atoms with Gasteiger partial charge in [-0.1, -0.05) is 42.5 Å². The molecule has 3 aromatic rings. The third kappa shape index (κ3) is 5.93. The van der Waals surface area contributed by atoms with Gasteiger partial charge in [0.2, 0.25) is 0 Å². The zero-order valence-electron chi connectivity index (χ0n) is 17.9. The number of nitrogens with one attached hydrogen (secondary N) is 1. The van der Waals surface area contributed by atoms with Crippen molar-refractivity contribution >= 4 is 5.91 Å². The van der Waals surface area contributed by atoms with Gasteiger partial charge in [-0.15, -0.1) is 0 Å². The fraction of sp³-hybridized carbons (Fsp3) is 0.269. The molecule has 6 heteroatoms. The zero-order valence-corrected chi connectivity index (χ0v) is 17.9. The number of carbonyl (C=O) groups is 1. The smallest absolute Gasteiger partial charge is 0.251 e. The van der Waals surface area contributed by atoms with Crippen LogP contribution in [0.4, 0.5) is 4.39 Å². The van der Waals surface area contributed by atoms with Gasteiger partial charge in [0, 0.05) is 25.2 Å². The molecule has 0 aromatic heterocycles. The molecule has 1 N–H and O–H groups in total. The summed E-state index contributed by atoms with van der Waals surface area (Å²) in [5, 5.41) is 3.03. The van der Waals surface area contributed by atoms with Gasteiger partial charge < -0.3 is 14.8 Å². The summed E-state index contributed by atoms with van der Waals surface area (Å²) in [6.07, 6.45) is 0. The first kappa shape index (κ1) is 22.0. The topological polar surface area (TPSA) is 50.8 Å². The molecule has 0 spiro atoms. The lowest BCUT2D eigenvalue weighted by atomic mass is 10.0. The molecule has 166 valence electrons. The SMILES string of the molecule is O=C(NC[C@H](c1ccc(F)cc1)N1CCOCC1)c1ccc(OCc2ccccc2)cc1. The van der Waals surface area contributed by atoms with E-state index in [-0.39, 0.29) is 17.8 Å². The van der Waals surface area contributed by atoms with Crippen molar-refractivity contribution in [2.24, 2.45) is 0 Å². The third-order valence-corrected chi connectivity index (χ3v) is 5.56. The lowest BCUT2D eigenvalue weighted by Crippen LogP contribution is -2.43. The standard InChI is InChI=1S/C26H27FN2O3/c27-23-10-6-21(7-11-23)25(29-14-16-31-17-15-29)18-28-26(30)22-8-12-24(13-9-22)32-19-20-4-2-1-3-5-20/h1-13,25H,14-19H2,(H,28,30)/t25-/m1/s1. The number of halogens is 1. The highest BCUT2D eigenvalue weighted by atomic mass is 19.1. The highest BCUT2D eigenvalue weighted by molar-refractivity contribution is 5.94. The molecule has 0 saturated carbocycles. The Morgan fingerprint density at radius 2 is 1.66 bits per heavy atom. The van der Waals surface area contributed by atoms with Crippen LogP contribution in [0.5, 0.6) is 5.75 Å². The summed E-state index contributed by atoms with van der Waals surface area (Å²) in [6, 6.07) is 23.5. The lowest BCUT2D eigenvalue weighted by Gasteiger charge is -2.35. The van der Waals surface area contributed by atoms with Crippen LogP contribution in [0.15, 0.2) is 78.9 Å².